The Labute approximate surface area is 178 Å². The smallest absolute Gasteiger partial charge is 0.416 e. The largest absolute Gasteiger partial charge is 0.439 e. The standard InChI is InChI=1S/C23H23F3N2OS/c1-14(2)20-12-21(29-19-9-8-15(3)16(4)10-19)28-22(27-20)30-13-17-6-5-7-18(11-17)23(24,25)26/h5-12,14H,13H2,1-4H3. The summed E-state index contributed by atoms with van der Waals surface area (Å²) in [6.07, 6.45) is -4.36. The fourth-order valence-electron chi connectivity index (χ4n) is 2.72. The zero-order valence-electron chi connectivity index (χ0n) is 17.2. The molecule has 0 saturated heterocycles. The topological polar surface area (TPSA) is 35.0 Å². The van der Waals surface area contributed by atoms with Gasteiger partial charge in [0.25, 0.3) is 0 Å². The number of hydrogen-bond acceptors (Lipinski definition) is 4. The summed E-state index contributed by atoms with van der Waals surface area (Å²) in [5.41, 5.74) is 3.01. The molecule has 0 bridgehead atoms. The molecule has 3 aromatic rings. The van der Waals surface area contributed by atoms with Crippen LogP contribution in [0.3, 0.4) is 0 Å². The van der Waals surface area contributed by atoms with Crippen molar-refractivity contribution in [2.45, 2.75) is 50.7 Å². The predicted octanol–water partition coefficient (Wildman–Crippen LogP) is 7.32. The summed E-state index contributed by atoms with van der Waals surface area (Å²) < 4.78 is 44.8. The highest BCUT2D eigenvalue weighted by Gasteiger charge is 2.30. The van der Waals surface area contributed by atoms with Crippen molar-refractivity contribution in [1.82, 2.24) is 9.97 Å². The van der Waals surface area contributed by atoms with Gasteiger partial charge in [-0.1, -0.05) is 49.9 Å². The van der Waals surface area contributed by atoms with Crippen molar-refractivity contribution in [1.29, 1.82) is 0 Å². The number of thioether (sulfide) groups is 1. The van der Waals surface area contributed by atoms with Crippen molar-refractivity contribution in [3.05, 3.63) is 76.5 Å². The first-order valence-corrected chi connectivity index (χ1v) is 10.5. The normalized spacial score (nSPS) is 11.7. The highest BCUT2D eigenvalue weighted by atomic mass is 32.2. The summed E-state index contributed by atoms with van der Waals surface area (Å²) in [5, 5.41) is 0.470. The van der Waals surface area contributed by atoms with Gasteiger partial charge >= 0.3 is 6.18 Å². The lowest BCUT2D eigenvalue weighted by Crippen LogP contribution is -2.05. The quantitative estimate of drug-likeness (QED) is 0.302. The first-order chi connectivity index (χ1) is 14.1. The molecule has 0 atom stereocenters. The molecule has 30 heavy (non-hydrogen) atoms. The van der Waals surface area contributed by atoms with E-state index in [4.69, 9.17) is 4.74 Å². The first-order valence-electron chi connectivity index (χ1n) is 9.55. The maximum Gasteiger partial charge on any atom is 0.416 e. The average Bonchev–Trinajstić information content (AvgIpc) is 2.68. The van der Waals surface area contributed by atoms with Crippen molar-refractivity contribution in [2.24, 2.45) is 0 Å². The Kier molecular flexibility index (Phi) is 6.71. The van der Waals surface area contributed by atoms with Crippen molar-refractivity contribution >= 4 is 11.8 Å². The lowest BCUT2D eigenvalue weighted by molar-refractivity contribution is -0.137. The number of hydrogen-bond donors (Lipinski definition) is 0. The molecule has 0 spiro atoms. The molecule has 1 heterocycles. The molecule has 3 rings (SSSR count). The molecule has 1 aromatic heterocycles. The second-order valence-electron chi connectivity index (χ2n) is 7.40. The minimum Gasteiger partial charge on any atom is -0.439 e. The maximum atomic E-state index is 12.9. The van der Waals surface area contributed by atoms with Gasteiger partial charge in [0, 0.05) is 11.8 Å². The third-order valence-corrected chi connectivity index (χ3v) is 5.53. The van der Waals surface area contributed by atoms with E-state index in [1.165, 1.54) is 23.4 Å². The van der Waals surface area contributed by atoms with Crippen LogP contribution in [0.2, 0.25) is 0 Å². The molecule has 7 heteroatoms. The van der Waals surface area contributed by atoms with Crippen LogP contribution in [0.25, 0.3) is 0 Å². The minimum atomic E-state index is -4.36. The zero-order chi connectivity index (χ0) is 21.9. The maximum absolute atomic E-state index is 12.9. The Hall–Kier alpha value is -2.54. The highest BCUT2D eigenvalue weighted by Crippen LogP contribution is 2.32. The third kappa shape index (κ3) is 5.75. The lowest BCUT2D eigenvalue weighted by Gasteiger charge is -2.12. The van der Waals surface area contributed by atoms with Crippen LogP contribution in [-0.2, 0) is 11.9 Å². The van der Waals surface area contributed by atoms with Gasteiger partial charge in [-0.05, 0) is 54.7 Å². The van der Waals surface area contributed by atoms with Gasteiger partial charge in [0.15, 0.2) is 5.16 Å². The van der Waals surface area contributed by atoms with Crippen LogP contribution in [0.1, 0.15) is 47.7 Å². The fourth-order valence-corrected chi connectivity index (χ4v) is 3.52. The van der Waals surface area contributed by atoms with Crippen LogP contribution >= 0.6 is 11.8 Å². The van der Waals surface area contributed by atoms with Crippen molar-refractivity contribution in [3.8, 4) is 11.6 Å². The van der Waals surface area contributed by atoms with Gasteiger partial charge in [0.05, 0.1) is 11.3 Å². The number of aryl methyl sites for hydroxylation is 2. The number of benzene rings is 2. The molecule has 0 aliphatic rings. The van der Waals surface area contributed by atoms with Gasteiger partial charge in [0.1, 0.15) is 5.75 Å². The number of nitrogens with zero attached hydrogens (tertiary/aromatic N) is 2. The van der Waals surface area contributed by atoms with Gasteiger partial charge in [0.2, 0.25) is 5.88 Å². The molecule has 0 N–H and O–H groups in total. The van der Waals surface area contributed by atoms with Crippen molar-refractivity contribution in [2.75, 3.05) is 0 Å². The SMILES string of the molecule is Cc1ccc(Oc2cc(C(C)C)nc(SCc3cccc(C(F)(F)F)c3)n2)cc1C. The summed E-state index contributed by atoms with van der Waals surface area (Å²) in [6.45, 7) is 8.08. The van der Waals surface area contributed by atoms with Crippen molar-refractivity contribution < 1.29 is 17.9 Å². The molecule has 0 aliphatic heterocycles. The van der Waals surface area contributed by atoms with Gasteiger partial charge < -0.3 is 4.74 Å². The number of ether oxygens (including phenoxy) is 1. The Balaban J connectivity index is 1.81. The van der Waals surface area contributed by atoms with E-state index in [2.05, 4.69) is 9.97 Å². The number of rotatable bonds is 6. The molecule has 3 nitrogen and oxygen atoms in total. The van der Waals surface area contributed by atoms with E-state index in [0.717, 1.165) is 23.4 Å². The second kappa shape index (κ2) is 9.08. The van der Waals surface area contributed by atoms with Crippen LogP contribution in [0, 0.1) is 13.8 Å². The Morgan fingerprint density at radius 3 is 2.40 bits per heavy atom. The van der Waals surface area contributed by atoms with Crippen molar-refractivity contribution in [3.63, 3.8) is 0 Å². The summed E-state index contributed by atoms with van der Waals surface area (Å²) in [5.74, 6) is 1.58. The fraction of sp³-hybridized carbons (Fsp3) is 0.304. The van der Waals surface area contributed by atoms with E-state index in [9.17, 15) is 13.2 Å². The van der Waals surface area contributed by atoms with Crippen LogP contribution in [0.5, 0.6) is 11.6 Å². The predicted molar refractivity (Wildman–Crippen MR) is 113 cm³/mol. The molecule has 0 saturated carbocycles. The van der Waals surface area contributed by atoms with E-state index in [1.807, 2.05) is 45.9 Å². The summed E-state index contributed by atoms with van der Waals surface area (Å²) in [4.78, 5) is 9.00. The van der Waals surface area contributed by atoms with E-state index < -0.39 is 11.7 Å². The first kappa shape index (κ1) is 22.2. The number of halogens is 3. The second-order valence-corrected chi connectivity index (χ2v) is 8.35. The summed E-state index contributed by atoms with van der Waals surface area (Å²) in [7, 11) is 0. The monoisotopic (exact) mass is 432 g/mol. The molecule has 158 valence electrons. The van der Waals surface area contributed by atoms with Crippen LogP contribution < -0.4 is 4.74 Å². The van der Waals surface area contributed by atoms with E-state index >= 15 is 0 Å². The minimum absolute atomic E-state index is 0.156. The molecule has 0 amide bonds. The highest BCUT2D eigenvalue weighted by molar-refractivity contribution is 7.98. The Bertz CT molecular complexity index is 1040. The summed E-state index contributed by atoms with van der Waals surface area (Å²) in [6, 6.07) is 12.9. The zero-order valence-corrected chi connectivity index (χ0v) is 18.1. The molecule has 2 aromatic carbocycles. The third-order valence-electron chi connectivity index (χ3n) is 4.62. The molecule has 0 aliphatic carbocycles. The van der Waals surface area contributed by atoms with Gasteiger partial charge in [-0.3, -0.25) is 0 Å². The molecule has 0 unspecified atom stereocenters. The summed E-state index contributed by atoms with van der Waals surface area (Å²) >= 11 is 1.29. The molecule has 0 radical (unpaired) electrons. The van der Waals surface area contributed by atoms with Crippen LogP contribution in [0.15, 0.2) is 53.7 Å². The van der Waals surface area contributed by atoms with Gasteiger partial charge in [-0.15, -0.1) is 0 Å². The Morgan fingerprint density at radius 1 is 0.967 bits per heavy atom. The molecular formula is C23H23F3N2OS. The van der Waals surface area contributed by atoms with E-state index in [-0.39, 0.29) is 5.92 Å². The van der Waals surface area contributed by atoms with E-state index in [1.54, 1.807) is 12.1 Å². The van der Waals surface area contributed by atoms with Crippen LogP contribution in [-0.4, -0.2) is 9.97 Å². The van der Waals surface area contributed by atoms with Gasteiger partial charge in [-0.2, -0.15) is 18.2 Å². The average molecular weight is 433 g/mol. The molecule has 0 fully saturated rings. The van der Waals surface area contributed by atoms with Crippen LogP contribution in [0.4, 0.5) is 13.2 Å². The Morgan fingerprint density at radius 2 is 1.73 bits per heavy atom. The van der Waals surface area contributed by atoms with E-state index in [0.29, 0.717) is 28.1 Å². The number of aromatic nitrogens is 2. The lowest BCUT2D eigenvalue weighted by atomic mass is 10.1. The van der Waals surface area contributed by atoms with Gasteiger partial charge in [-0.25, -0.2) is 4.98 Å². The molecular weight excluding hydrogens is 409 g/mol. The number of alkyl halides is 3.